The van der Waals surface area contributed by atoms with Crippen molar-refractivity contribution in [1.82, 2.24) is 16.0 Å². The molecule has 0 aliphatic carbocycles. The molecule has 38 heavy (non-hydrogen) atoms. The molecule has 1 saturated heterocycles. The van der Waals surface area contributed by atoms with Crippen molar-refractivity contribution in [2.24, 2.45) is 22.9 Å². The molecule has 0 radical (unpaired) electrons. The first-order chi connectivity index (χ1) is 17.8. The molecule has 12 heteroatoms. The molecule has 1 fully saturated rings. The van der Waals surface area contributed by atoms with Crippen LogP contribution in [0, 0.1) is 17.8 Å². The van der Waals surface area contributed by atoms with Gasteiger partial charge >= 0.3 is 0 Å². The Morgan fingerprint density at radius 1 is 0.947 bits per heavy atom. The minimum atomic E-state index is -3.93. The molecule has 11 nitrogen and oxygen atoms in total. The van der Waals surface area contributed by atoms with Gasteiger partial charge in [-0.1, -0.05) is 51.1 Å². The molecule has 0 aromatic heterocycles. The van der Waals surface area contributed by atoms with E-state index in [1.807, 2.05) is 0 Å². The first-order valence-electron chi connectivity index (χ1n) is 12.0. The number of nitrogens with one attached hydrogen (secondary N) is 3. The smallest absolute Gasteiger partial charge is 0.251 e. The summed E-state index contributed by atoms with van der Waals surface area (Å²) in [6.45, 7) is 4.91. The quantitative estimate of drug-likeness (QED) is 0.253. The van der Waals surface area contributed by atoms with Gasteiger partial charge in [-0.2, -0.15) is 0 Å². The summed E-state index contributed by atoms with van der Waals surface area (Å²) >= 11 is 0. The highest BCUT2D eigenvalue weighted by Crippen LogP contribution is 2.24. The van der Waals surface area contributed by atoms with Gasteiger partial charge in [-0.3, -0.25) is 29.3 Å². The number of primary sulfonamides is 1. The van der Waals surface area contributed by atoms with Gasteiger partial charge in [-0.15, -0.1) is 0 Å². The van der Waals surface area contributed by atoms with Crippen LogP contribution in [-0.2, 0) is 29.2 Å². The van der Waals surface area contributed by atoms with Gasteiger partial charge in [0.2, 0.25) is 27.7 Å². The van der Waals surface area contributed by atoms with E-state index < -0.39 is 63.4 Å². The number of Topliss-reactive ketones (excluding diaryl/α,β-unsaturated/α-hetero) is 1. The van der Waals surface area contributed by atoms with Crippen molar-refractivity contribution >= 4 is 39.4 Å². The van der Waals surface area contributed by atoms with Gasteiger partial charge in [-0.05, 0) is 35.7 Å². The van der Waals surface area contributed by atoms with Crippen molar-refractivity contribution in [2.75, 3.05) is 0 Å². The Bertz CT molecular complexity index is 1340. The van der Waals surface area contributed by atoms with Crippen molar-refractivity contribution in [1.29, 1.82) is 0 Å². The van der Waals surface area contributed by atoms with Gasteiger partial charge in [0.25, 0.3) is 5.91 Å². The number of nitrogens with two attached hydrogens (primary N) is 1. The minimum Gasteiger partial charge on any atom is -0.346 e. The van der Waals surface area contributed by atoms with Gasteiger partial charge in [0.1, 0.15) is 5.92 Å². The highest BCUT2D eigenvalue weighted by molar-refractivity contribution is 7.89. The molecule has 0 spiro atoms. The van der Waals surface area contributed by atoms with Crippen LogP contribution in [-0.4, -0.2) is 43.9 Å². The normalized spacial score (nSPS) is 19.0. The summed E-state index contributed by atoms with van der Waals surface area (Å²) in [4.78, 5) is 63.1. The molecule has 5 N–H and O–H groups in total. The summed E-state index contributed by atoms with van der Waals surface area (Å²) in [6.07, 6.45) is -0.229. The van der Waals surface area contributed by atoms with E-state index in [0.717, 1.165) is 0 Å². The monoisotopic (exact) mass is 542 g/mol. The molecule has 4 amide bonds. The maximum absolute atomic E-state index is 13.2. The third-order valence-corrected chi connectivity index (χ3v) is 7.31. The largest absolute Gasteiger partial charge is 0.346 e. The van der Waals surface area contributed by atoms with Crippen molar-refractivity contribution < 1.29 is 32.4 Å². The summed E-state index contributed by atoms with van der Waals surface area (Å²) in [5.41, 5.74) is 0.777. The lowest BCUT2D eigenvalue weighted by molar-refractivity contribution is -0.137. The number of ketones is 1. The Morgan fingerprint density at radius 2 is 1.55 bits per heavy atom. The van der Waals surface area contributed by atoms with Gasteiger partial charge in [0.15, 0.2) is 5.78 Å². The summed E-state index contributed by atoms with van der Waals surface area (Å²) in [6, 6.07) is 11.9. The number of sulfonamides is 1. The van der Waals surface area contributed by atoms with E-state index in [0.29, 0.717) is 5.56 Å². The summed E-state index contributed by atoms with van der Waals surface area (Å²) in [5, 5.41) is 12.7. The molecule has 0 saturated carbocycles. The van der Waals surface area contributed by atoms with E-state index in [1.165, 1.54) is 31.2 Å². The van der Waals surface area contributed by atoms with Crippen molar-refractivity contribution in [3.8, 4) is 0 Å². The van der Waals surface area contributed by atoms with Crippen LogP contribution in [0.4, 0.5) is 0 Å². The first kappa shape index (κ1) is 28.7. The van der Waals surface area contributed by atoms with E-state index in [2.05, 4.69) is 16.0 Å². The van der Waals surface area contributed by atoms with Crippen LogP contribution < -0.4 is 21.1 Å². The van der Waals surface area contributed by atoms with Crippen LogP contribution in [0.1, 0.15) is 49.2 Å². The fraction of sp³-hybridized carbons (Fsp3) is 0.346. The van der Waals surface area contributed by atoms with Gasteiger partial charge < -0.3 is 10.6 Å². The average molecular weight is 543 g/mol. The third-order valence-electron chi connectivity index (χ3n) is 6.38. The molecule has 202 valence electrons. The fourth-order valence-corrected chi connectivity index (χ4v) is 4.74. The molecule has 1 aliphatic rings. The number of hydrogen-bond donors (Lipinski definition) is 4. The number of hydrogen-bond acceptors (Lipinski definition) is 7. The van der Waals surface area contributed by atoms with Gasteiger partial charge in [0.05, 0.1) is 29.3 Å². The maximum atomic E-state index is 13.2. The molecule has 4 atom stereocenters. The van der Waals surface area contributed by atoms with Crippen molar-refractivity contribution in [3.63, 3.8) is 0 Å². The SMILES string of the molecule is CC(C)[C@H](NC(=O)C[C@H](NC(=O)c1ccc(S(N)(=O)=O)cc1)c1ccccc1)C(=O)[C@@H]1C(=O)NC(=O)[C@H]1C. The second kappa shape index (κ2) is 11.7. The molecule has 1 heterocycles. The Balaban J connectivity index is 1.78. The average Bonchev–Trinajstić information content (AvgIpc) is 3.12. The van der Waals surface area contributed by atoms with E-state index >= 15 is 0 Å². The number of imide groups is 1. The van der Waals surface area contributed by atoms with E-state index in [1.54, 1.807) is 44.2 Å². The third kappa shape index (κ3) is 6.69. The zero-order valence-corrected chi connectivity index (χ0v) is 21.9. The number of carbonyl (C=O) groups is 5. The standard InChI is InChI=1S/C26H30N4O7S/c1-14(2)22(23(32)21-15(3)24(33)30-26(21)35)29-20(31)13-19(16-7-5-4-6-8-16)28-25(34)17-9-11-18(12-10-17)38(27,36)37/h4-12,14-15,19,21-22H,13H2,1-3H3,(H,28,34)(H,29,31)(H2,27,36,37)(H,30,33,35)/t15-,19-,21+,22-/m0/s1. The second-order valence-corrected chi connectivity index (χ2v) is 11.1. The number of amides is 4. The molecule has 0 bridgehead atoms. The van der Waals surface area contributed by atoms with Crippen LogP contribution in [0.3, 0.4) is 0 Å². The van der Waals surface area contributed by atoms with Crippen molar-refractivity contribution in [2.45, 2.75) is 44.2 Å². The van der Waals surface area contributed by atoms with Gasteiger partial charge in [0, 0.05) is 5.56 Å². The zero-order valence-electron chi connectivity index (χ0n) is 21.1. The van der Waals surface area contributed by atoms with Crippen LogP contribution in [0.5, 0.6) is 0 Å². The highest BCUT2D eigenvalue weighted by atomic mass is 32.2. The summed E-state index contributed by atoms with van der Waals surface area (Å²) < 4.78 is 23.0. The number of benzene rings is 2. The maximum Gasteiger partial charge on any atom is 0.251 e. The Labute approximate surface area is 220 Å². The predicted molar refractivity (Wildman–Crippen MR) is 137 cm³/mol. The first-order valence-corrected chi connectivity index (χ1v) is 13.5. The van der Waals surface area contributed by atoms with E-state index in [9.17, 15) is 32.4 Å². The summed E-state index contributed by atoms with van der Waals surface area (Å²) in [7, 11) is -3.93. The minimum absolute atomic E-state index is 0.149. The van der Waals surface area contributed by atoms with Crippen molar-refractivity contribution in [3.05, 3.63) is 65.7 Å². The predicted octanol–water partition coefficient (Wildman–Crippen LogP) is 0.814. The van der Waals surface area contributed by atoms with Crippen LogP contribution in [0.25, 0.3) is 0 Å². The van der Waals surface area contributed by atoms with Crippen LogP contribution in [0.15, 0.2) is 59.5 Å². The van der Waals surface area contributed by atoms with Gasteiger partial charge in [-0.25, -0.2) is 13.6 Å². The lowest BCUT2D eigenvalue weighted by Gasteiger charge is -2.26. The Hall–Kier alpha value is -3.90. The molecule has 1 aliphatic heterocycles. The molecule has 2 aromatic carbocycles. The highest BCUT2D eigenvalue weighted by Gasteiger charge is 2.46. The fourth-order valence-electron chi connectivity index (χ4n) is 4.22. The second-order valence-electron chi connectivity index (χ2n) is 9.52. The number of rotatable bonds is 10. The van der Waals surface area contributed by atoms with Crippen LogP contribution in [0.2, 0.25) is 0 Å². The molecular formula is C26H30N4O7S. The van der Waals surface area contributed by atoms with Crippen LogP contribution >= 0.6 is 0 Å². The molecular weight excluding hydrogens is 512 g/mol. The molecule has 3 rings (SSSR count). The topological polar surface area (TPSA) is 182 Å². The summed E-state index contributed by atoms with van der Waals surface area (Å²) in [5.74, 6) is -5.29. The molecule has 2 aromatic rings. The Kier molecular flexibility index (Phi) is 8.79. The Morgan fingerprint density at radius 3 is 2.05 bits per heavy atom. The molecule has 0 unspecified atom stereocenters. The van der Waals surface area contributed by atoms with E-state index in [-0.39, 0.29) is 22.8 Å². The zero-order chi connectivity index (χ0) is 28.2. The lowest BCUT2D eigenvalue weighted by atomic mass is 9.85. The number of carbonyl (C=O) groups excluding carboxylic acids is 5. The van der Waals surface area contributed by atoms with E-state index in [4.69, 9.17) is 5.14 Å². The lowest BCUT2D eigenvalue weighted by Crippen LogP contribution is -2.49.